The molecule has 0 aromatic carbocycles. The van der Waals surface area contributed by atoms with Gasteiger partial charge in [0.1, 0.15) is 0 Å². The van der Waals surface area contributed by atoms with E-state index in [-0.39, 0.29) is 80.3 Å². The third-order valence-electron chi connectivity index (χ3n) is 0.977. The average molecular weight is 270 g/mol. The molecule has 52 valence electrons. The van der Waals surface area contributed by atoms with Crippen LogP contribution in [0.15, 0.2) is 12.4 Å². The second-order valence-electron chi connectivity index (χ2n) is 1.66. The zero-order valence-electron chi connectivity index (χ0n) is 6.11. The Bertz CT molecular complexity index is 265. The first-order valence-electron chi connectivity index (χ1n) is 2.58. The predicted molar refractivity (Wildman–Crippen MR) is 33.5 cm³/mol. The largest absolute Gasteiger partial charge is 1.00 e. The summed E-state index contributed by atoms with van der Waals surface area (Å²) in [6.07, 6.45) is 2.72. The first-order chi connectivity index (χ1) is 4.72. The molecule has 1 N–H and O–H groups in total. The van der Waals surface area contributed by atoms with E-state index in [1.165, 1.54) is 12.4 Å². The van der Waals surface area contributed by atoms with E-state index < -0.39 is 5.97 Å². The van der Waals surface area contributed by atoms with Crippen molar-refractivity contribution in [3.05, 3.63) is 30.7 Å². The van der Waals surface area contributed by atoms with Crippen molar-refractivity contribution in [1.29, 1.82) is 0 Å². The van der Waals surface area contributed by atoms with Crippen LogP contribution in [-0.2, 0) is 0 Å². The zero-order chi connectivity index (χ0) is 7.56. The summed E-state index contributed by atoms with van der Waals surface area (Å²) < 4.78 is 0. The maximum Gasteiger partial charge on any atom is 1.00 e. The molecule has 0 saturated carbocycles. The zero-order valence-corrected chi connectivity index (χ0v) is 12.4. The SMILES string of the molecule is [CH2-]c1nccnc1C(=O)O.[Cs+]. The van der Waals surface area contributed by atoms with E-state index in [9.17, 15) is 4.79 Å². The Balaban J connectivity index is 0.000001000. The van der Waals surface area contributed by atoms with Crippen LogP contribution in [0.25, 0.3) is 0 Å². The van der Waals surface area contributed by atoms with Gasteiger partial charge in [0, 0.05) is 18.1 Å². The van der Waals surface area contributed by atoms with Gasteiger partial charge in [-0.25, -0.2) is 6.92 Å². The molecule has 4 nitrogen and oxygen atoms in total. The number of hydrogen-bond acceptors (Lipinski definition) is 3. The second kappa shape index (κ2) is 5.18. The van der Waals surface area contributed by atoms with Gasteiger partial charge in [-0.2, -0.15) is 0 Å². The Morgan fingerprint density at radius 1 is 1.45 bits per heavy atom. The second-order valence-corrected chi connectivity index (χ2v) is 1.66. The molecule has 0 aliphatic rings. The van der Waals surface area contributed by atoms with Crippen LogP contribution >= 0.6 is 0 Å². The van der Waals surface area contributed by atoms with Crippen LogP contribution in [0.2, 0.25) is 0 Å². The number of carbonyl (C=O) groups is 1. The minimum atomic E-state index is -1.10. The van der Waals surface area contributed by atoms with E-state index >= 15 is 0 Å². The summed E-state index contributed by atoms with van der Waals surface area (Å²) in [5.74, 6) is -1.10. The molecule has 5 heteroatoms. The fourth-order valence-corrected chi connectivity index (χ4v) is 0.545. The molecule has 0 aliphatic carbocycles. The van der Waals surface area contributed by atoms with Crippen LogP contribution in [0.4, 0.5) is 0 Å². The van der Waals surface area contributed by atoms with E-state index in [1.54, 1.807) is 0 Å². The first kappa shape index (κ1) is 11.5. The van der Waals surface area contributed by atoms with Crippen LogP contribution in [-0.4, -0.2) is 21.0 Å². The molecule has 0 radical (unpaired) electrons. The van der Waals surface area contributed by atoms with Gasteiger partial charge >= 0.3 is 68.9 Å². The molecule has 1 rings (SSSR count). The molecule has 11 heavy (non-hydrogen) atoms. The number of aromatic nitrogens is 2. The fourth-order valence-electron chi connectivity index (χ4n) is 0.545. The molecule has 0 spiro atoms. The summed E-state index contributed by atoms with van der Waals surface area (Å²) in [4.78, 5) is 17.5. The normalized spacial score (nSPS) is 8.36. The Kier molecular flexibility index (Phi) is 5.40. The molecule has 1 aromatic heterocycles. The van der Waals surface area contributed by atoms with Crippen molar-refractivity contribution in [3.63, 3.8) is 0 Å². The van der Waals surface area contributed by atoms with E-state index in [0.717, 1.165) is 0 Å². The molecule has 1 heterocycles. The predicted octanol–water partition coefficient (Wildman–Crippen LogP) is -2.64. The van der Waals surface area contributed by atoms with Crippen LogP contribution in [0, 0.1) is 6.92 Å². The van der Waals surface area contributed by atoms with Crippen molar-refractivity contribution in [2.75, 3.05) is 0 Å². The van der Waals surface area contributed by atoms with Gasteiger partial charge in [-0.05, 0) is 0 Å². The quantitative estimate of drug-likeness (QED) is 0.567. The average Bonchev–Trinajstić information content (AvgIpc) is 1.88. The number of rotatable bonds is 1. The molecule has 0 fully saturated rings. The Morgan fingerprint density at radius 3 is 2.36 bits per heavy atom. The molecule has 0 aliphatic heterocycles. The van der Waals surface area contributed by atoms with Crippen molar-refractivity contribution in [2.24, 2.45) is 0 Å². The van der Waals surface area contributed by atoms with Crippen LogP contribution in [0.1, 0.15) is 16.2 Å². The summed E-state index contributed by atoms with van der Waals surface area (Å²) in [7, 11) is 0. The van der Waals surface area contributed by atoms with Crippen molar-refractivity contribution >= 4 is 5.97 Å². The number of hydrogen-bond donors (Lipinski definition) is 1. The van der Waals surface area contributed by atoms with Crippen molar-refractivity contribution in [3.8, 4) is 0 Å². The summed E-state index contributed by atoms with van der Waals surface area (Å²) >= 11 is 0. The van der Waals surface area contributed by atoms with Crippen molar-refractivity contribution in [2.45, 2.75) is 0 Å². The molecule has 0 amide bonds. The van der Waals surface area contributed by atoms with E-state index in [2.05, 4.69) is 16.9 Å². The number of aromatic carboxylic acids is 1. The first-order valence-corrected chi connectivity index (χ1v) is 2.58. The molecule has 0 saturated heterocycles. The smallest absolute Gasteiger partial charge is 0.490 e. The van der Waals surface area contributed by atoms with Crippen LogP contribution < -0.4 is 68.9 Å². The summed E-state index contributed by atoms with van der Waals surface area (Å²) in [5, 5.41) is 8.42. The van der Waals surface area contributed by atoms with E-state index in [1.807, 2.05) is 0 Å². The third kappa shape index (κ3) is 3.14. The van der Waals surface area contributed by atoms with Gasteiger partial charge in [-0.1, -0.05) is 5.69 Å². The van der Waals surface area contributed by atoms with Crippen molar-refractivity contribution < 1.29 is 78.8 Å². The molecular weight excluding hydrogens is 265 g/mol. The maximum atomic E-state index is 10.3. The summed E-state index contributed by atoms with van der Waals surface area (Å²) in [5.41, 5.74) is 0.0949. The Morgan fingerprint density at radius 2 is 2.00 bits per heavy atom. The van der Waals surface area contributed by atoms with Gasteiger partial charge in [-0.3, -0.25) is 9.78 Å². The van der Waals surface area contributed by atoms with E-state index in [4.69, 9.17) is 5.11 Å². The number of nitrogens with zero attached hydrogens (tertiary/aromatic N) is 2. The molecular formula is C6H5CsN2O2. The van der Waals surface area contributed by atoms with Gasteiger partial charge in [0.05, 0.1) is 0 Å². The Labute approximate surface area is 123 Å². The molecule has 0 atom stereocenters. The van der Waals surface area contributed by atoms with Gasteiger partial charge in [0.15, 0.2) is 0 Å². The minimum absolute atomic E-state index is 0. The monoisotopic (exact) mass is 270 g/mol. The van der Waals surface area contributed by atoms with Crippen molar-refractivity contribution in [1.82, 2.24) is 9.97 Å². The van der Waals surface area contributed by atoms with E-state index in [0.29, 0.717) is 0 Å². The fraction of sp³-hybridized carbons (Fsp3) is 0. The van der Waals surface area contributed by atoms with Gasteiger partial charge < -0.3 is 10.1 Å². The third-order valence-corrected chi connectivity index (χ3v) is 0.977. The molecule has 0 unspecified atom stereocenters. The molecule has 1 aromatic rings. The molecule has 0 bridgehead atoms. The standard InChI is InChI=1S/C6H5N2O2.Cs/c1-4-5(6(9)10)8-3-2-7-4;/h2-3H,1H2,(H,9,10);/q-1;+1. The summed E-state index contributed by atoms with van der Waals surface area (Å²) in [6, 6.07) is 0. The van der Waals surface area contributed by atoms with Gasteiger partial charge in [-0.15, -0.1) is 0 Å². The van der Waals surface area contributed by atoms with Crippen LogP contribution in [0.3, 0.4) is 0 Å². The Hall–Kier alpha value is 0.472. The number of carboxylic acids is 1. The van der Waals surface area contributed by atoms with Gasteiger partial charge in [0.2, 0.25) is 0 Å². The van der Waals surface area contributed by atoms with Gasteiger partial charge in [0.25, 0.3) is 5.97 Å². The topological polar surface area (TPSA) is 63.1 Å². The minimum Gasteiger partial charge on any atom is -0.490 e. The maximum absolute atomic E-state index is 10.3. The summed E-state index contributed by atoms with van der Waals surface area (Å²) in [6.45, 7) is 3.39. The van der Waals surface area contributed by atoms with Crippen LogP contribution in [0.5, 0.6) is 0 Å². The number of carboxylic acid groups (broad SMARTS) is 1.